The van der Waals surface area contributed by atoms with Crippen molar-refractivity contribution in [1.82, 2.24) is 4.98 Å². The number of carbonyl (C=O) groups excluding carboxylic acids is 1. The predicted octanol–water partition coefficient (Wildman–Crippen LogP) is 4.74. The van der Waals surface area contributed by atoms with E-state index in [0.29, 0.717) is 6.42 Å². The number of anilines is 1. The Morgan fingerprint density at radius 1 is 1.11 bits per heavy atom. The minimum Gasteiger partial charge on any atom is -0.454 e. The van der Waals surface area contributed by atoms with E-state index in [1.165, 1.54) is 19.3 Å². The van der Waals surface area contributed by atoms with E-state index in [4.69, 9.17) is 9.47 Å². The van der Waals surface area contributed by atoms with Crippen molar-refractivity contribution in [2.75, 3.05) is 11.7 Å². The molecule has 4 rings (SSSR count). The Morgan fingerprint density at radius 3 is 2.64 bits per heavy atom. The summed E-state index contributed by atoms with van der Waals surface area (Å²) in [5.41, 5.74) is 0.523. The van der Waals surface area contributed by atoms with Crippen LogP contribution in [0.4, 0.5) is 5.82 Å². The van der Waals surface area contributed by atoms with Crippen LogP contribution in [-0.4, -0.2) is 23.7 Å². The van der Waals surface area contributed by atoms with Gasteiger partial charge in [-0.25, -0.2) is 4.98 Å². The monoisotopic (exact) mass is 380 g/mol. The molecule has 2 aromatic rings. The van der Waals surface area contributed by atoms with Gasteiger partial charge in [-0.1, -0.05) is 45.2 Å². The van der Waals surface area contributed by atoms with Gasteiger partial charge in [0.05, 0.1) is 0 Å². The van der Waals surface area contributed by atoms with Gasteiger partial charge < -0.3 is 9.47 Å². The number of ether oxygens (including phenoxy) is 2. The third-order valence-electron chi connectivity index (χ3n) is 5.72. The van der Waals surface area contributed by atoms with Crippen molar-refractivity contribution in [3.8, 4) is 11.5 Å². The summed E-state index contributed by atoms with van der Waals surface area (Å²) in [6, 6.07) is 12.0. The highest BCUT2D eigenvalue weighted by atomic mass is 16.7. The molecular weight excluding hydrogens is 352 g/mol. The van der Waals surface area contributed by atoms with Crippen LogP contribution < -0.4 is 14.4 Å². The van der Waals surface area contributed by atoms with Crippen LogP contribution in [0.25, 0.3) is 0 Å². The number of fused-ring (bicyclic) bond motifs is 1. The fraction of sp³-hybridized carbons (Fsp3) is 0.478. The normalized spacial score (nSPS) is 16.8. The molecule has 1 aliphatic heterocycles. The predicted molar refractivity (Wildman–Crippen MR) is 109 cm³/mol. The van der Waals surface area contributed by atoms with Crippen LogP contribution >= 0.6 is 0 Å². The van der Waals surface area contributed by atoms with E-state index in [1.54, 1.807) is 6.20 Å². The molecule has 0 N–H and O–H groups in total. The molecule has 0 bridgehead atoms. The third-order valence-corrected chi connectivity index (χ3v) is 5.72. The van der Waals surface area contributed by atoms with Crippen LogP contribution in [0.2, 0.25) is 0 Å². The largest absolute Gasteiger partial charge is 0.454 e. The van der Waals surface area contributed by atoms with Gasteiger partial charge in [-0.2, -0.15) is 0 Å². The van der Waals surface area contributed by atoms with Gasteiger partial charge in [-0.05, 0) is 49.1 Å². The lowest BCUT2D eigenvalue weighted by atomic mass is 9.82. The molecule has 0 radical (unpaired) electrons. The second-order valence-electron chi connectivity index (χ2n) is 8.40. The summed E-state index contributed by atoms with van der Waals surface area (Å²) in [5, 5.41) is 0. The van der Waals surface area contributed by atoms with Gasteiger partial charge in [0.25, 0.3) is 0 Å². The first-order chi connectivity index (χ1) is 13.5. The minimum atomic E-state index is -0.553. The van der Waals surface area contributed by atoms with Crippen molar-refractivity contribution >= 4 is 11.7 Å². The Labute approximate surface area is 166 Å². The molecule has 2 aliphatic rings. The maximum absolute atomic E-state index is 13.7. The molecule has 1 aromatic heterocycles. The molecule has 28 heavy (non-hydrogen) atoms. The summed E-state index contributed by atoms with van der Waals surface area (Å²) < 4.78 is 10.9. The summed E-state index contributed by atoms with van der Waals surface area (Å²) in [6.07, 6.45) is 8.09. The van der Waals surface area contributed by atoms with E-state index in [9.17, 15) is 4.79 Å². The SMILES string of the molecule is CC(C)(Cc1ccc2c(c1)OCO2)C(=O)N(c1ccccn1)C1CCCCC1. The van der Waals surface area contributed by atoms with Gasteiger partial charge >= 0.3 is 0 Å². The Hall–Kier alpha value is -2.56. The minimum absolute atomic E-state index is 0.135. The van der Waals surface area contributed by atoms with Crippen LogP contribution in [0.3, 0.4) is 0 Å². The Bertz CT molecular complexity index is 829. The second kappa shape index (κ2) is 7.82. The molecule has 1 saturated carbocycles. The number of hydrogen-bond acceptors (Lipinski definition) is 4. The summed E-state index contributed by atoms with van der Waals surface area (Å²) >= 11 is 0. The highest BCUT2D eigenvalue weighted by Gasteiger charge is 2.37. The van der Waals surface area contributed by atoms with E-state index < -0.39 is 5.41 Å². The van der Waals surface area contributed by atoms with Crippen LogP contribution in [0.5, 0.6) is 11.5 Å². The molecule has 1 fully saturated rings. The van der Waals surface area contributed by atoms with Gasteiger partial charge in [0.15, 0.2) is 11.5 Å². The molecule has 5 heteroatoms. The number of rotatable bonds is 5. The standard InChI is InChI=1S/C23H28N2O3/c1-23(2,15-17-11-12-19-20(14-17)28-16-27-19)22(26)25(18-8-4-3-5-9-18)21-10-6-7-13-24-21/h6-7,10-14,18H,3-5,8-9,15-16H2,1-2H3. The molecule has 0 atom stereocenters. The van der Waals surface area contributed by atoms with Crippen LogP contribution in [0, 0.1) is 5.41 Å². The van der Waals surface area contributed by atoms with E-state index in [0.717, 1.165) is 35.7 Å². The Balaban J connectivity index is 1.59. The van der Waals surface area contributed by atoms with Gasteiger partial charge in [-0.15, -0.1) is 0 Å². The fourth-order valence-electron chi connectivity index (χ4n) is 4.26. The zero-order chi connectivity index (χ0) is 19.6. The maximum atomic E-state index is 13.7. The summed E-state index contributed by atoms with van der Waals surface area (Å²) in [4.78, 5) is 20.2. The number of pyridine rings is 1. The van der Waals surface area contributed by atoms with E-state index in [1.807, 2.05) is 55.1 Å². The van der Waals surface area contributed by atoms with E-state index in [2.05, 4.69) is 4.98 Å². The first kappa shape index (κ1) is 18.8. The number of amides is 1. The first-order valence-corrected chi connectivity index (χ1v) is 10.2. The van der Waals surface area contributed by atoms with E-state index >= 15 is 0 Å². The van der Waals surface area contributed by atoms with Crippen LogP contribution in [0.1, 0.15) is 51.5 Å². The van der Waals surface area contributed by atoms with Crippen molar-refractivity contribution in [2.24, 2.45) is 5.41 Å². The summed E-state index contributed by atoms with van der Waals surface area (Å²) in [5.74, 6) is 2.42. The van der Waals surface area contributed by atoms with Crippen molar-refractivity contribution in [3.63, 3.8) is 0 Å². The second-order valence-corrected chi connectivity index (χ2v) is 8.40. The quantitative estimate of drug-likeness (QED) is 0.751. The molecule has 5 nitrogen and oxygen atoms in total. The lowest BCUT2D eigenvalue weighted by molar-refractivity contribution is -0.127. The van der Waals surface area contributed by atoms with Gasteiger partial charge in [0.2, 0.25) is 12.7 Å². The molecule has 0 spiro atoms. The lowest BCUT2D eigenvalue weighted by Crippen LogP contribution is -2.49. The molecule has 2 heterocycles. The third kappa shape index (κ3) is 3.84. The Morgan fingerprint density at radius 2 is 1.89 bits per heavy atom. The zero-order valence-corrected chi connectivity index (χ0v) is 16.7. The molecule has 148 valence electrons. The number of nitrogens with zero attached hydrogens (tertiary/aromatic N) is 2. The number of benzene rings is 1. The smallest absolute Gasteiger partial charge is 0.234 e. The van der Waals surface area contributed by atoms with Gasteiger partial charge in [0, 0.05) is 17.7 Å². The first-order valence-electron chi connectivity index (χ1n) is 10.2. The molecular formula is C23H28N2O3. The highest BCUT2D eigenvalue weighted by Crippen LogP contribution is 2.36. The van der Waals surface area contributed by atoms with Crippen LogP contribution in [-0.2, 0) is 11.2 Å². The fourth-order valence-corrected chi connectivity index (χ4v) is 4.26. The van der Waals surface area contributed by atoms with Crippen molar-refractivity contribution in [3.05, 3.63) is 48.2 Å². The number of aromatic nitrogens is 1. The Kier molecular flexibility index (Phi) is 5.25. The van der Waals surface area contributed by atoms with Crippen molar-refractivity contribution in [1.29, 1.82) is 0 Å². The zero-order valence-electron chi connectivity index (χ0n) is 16.7. The number of hydrogen-bond donors (Lipinski definition) is 0. The number of carbonyl (C=O) groups is 1. The van der Waals surface area contributed by atoms with E-state index in [-0.39, 0.29) is 18.7 Å². The molecule has 0 unspecified atom stereocenters. The maximum Gasteiger partial charge on any atom is 0.234 e. The topological polar surface area (TPSA) is 51.7 Å². The average Bonchev–Trinajstić information content (AvgIpc) is 3.17. The van der Waals surface area contributed by atoms with Gasteiger partial charge in [-0.3, -0.25) is 9.69 Å². The molecule has 1 amide bonds. The summed E-state index contributed by atoms with van der Waals surface area (Å²) in [6.45, 7) is 4.31. The molecule has 1 aliphatic carbocycles. The molecule has 1 aromatic carbocycles. The van der Waals surface area contributed by atoms with Crippen molar-refractivity contribution < 1.29 is 14.3 Å². The lowest BCUT2D eigenvalue weighted by Gasteiger charge is -2.38. The average molecular weight is 380 g/mol. The highest BCUT2D eigenvalue weighted by molar-refractivity contribution is 5.97. The molecule has 0 saturated heterocycles. The van der Waals surface area contributed by atoms with Gasteiger partial charge in [0.1, 0.15) is 5.82 Å². The summed E-state index contributed by atoms with van der Waals surface area (Å²) in [7, 11) is 0. The van der Waals surface area contributed by atoms with Crippen molar-refractivity contribution in [2.45, 2.75) is 58.4 Å². The van der Waals surface area contributed by atoms with Crippen LogP contribution in [0.15, 0.2) is 42.6 Å².